The van der Waals surface area contributed by atoms with E-state index in [-0.39, 0.29) is 17.7 Å². The molecule has 1 aromatic heterocycles. The van der Waals surface area contributed by atoms with E-state index in [1.54, 1.807) is 0 Å². The number of aromatic nitrogens is 1. The van der Waals surface area contributed by atoms with Crippen molar-refractivity contribution in [3.63, 3.8) is 0 Å². The summed E-state index contributed by atoms with van der Waals surface area (Å²) < 4.78 is 2.09. The van der Waals surface area contributed by atoms with Crippen molar-refractivity contribution in [1.29, 1.82) is 0 Å². The van der Waals surface area contributed by atoms with E-state index in [0.29, 0.717) is 49.7 Å². The van der Waals surface area contributed by atoms with Gasteiger partial charge < -0.3 is 14.8 Å². The van der Waals surface area contributed by atoms with Gasteiger partial charge in [-0.1, -0.05) is 72.3 Å². The van der Waals surface area contributed by atoms with Gasteiger partial charge in [-0.15, -0.1) is 0 Å². The van der Waals surface area contributed by atoms with Gasteiger partial charge >= 0.3 is 0 Å². The smallest absolute Gasteiger partial charge is 0.270 e. The molecule has 2 heterocycles. The summed E-state index contributed by atoms with van der Waals surface area (Å²) in [6.45, 7) is 2.44. The number of hydrogen-bond acceptors (Lipinski definition) is 2. The number of rotatable bonds is 8. The molecule has 0 bridgehead atoms. The Bertz CT molecular complexity index is 1360. The lowest BCUT2D eigenvalue weighted by molar-refractivity contribution is -0.126. The van der Waals surface area contributed by atoms with Gasteiger partial charge in [0, 0.05) is 48.0 Å². The molecule has 1 aliphatic heterocycles. The number of likely N-dealkylation sites (tertiary alicyclic amines) is 1. The van der Waals surface area contributed by atoms with Gasteiger partial charge in [-0.05, 0) is 61.1 Å². The molecule has 4 aromatic rings. The third kappa shape index (κ3) is 6.05. The van der Waals surface area contributed by atoms with Gasteiger partial charge in [0.1, 0.15) is 5.69 Å². The molecule has 1 saturated heterocycles. The van der Waals surface area contributed by atoms with Crippen LogP contribution in [-0.4, -0.2) is 40.9 Å². The third-order valence-electron chi connectivity index (χ3n) is 7.22. The number of nitrogens with zero attached hydrogens (tertiary/aromatic N) is 2. The standard InChI is InChI=1S/C31H32ClN3O2/c32-27-14-12-24(13-15-27)22-35-28-11-5-4-10-26(28)21-29(35)31(37)34-19-16-25(17-20-34)30(36)33-18-6-9-23-7-2-1-3-8-23/h1-5,7-8,10-15,21,25H,6,9,16-20,22H2,(H,33,36). The minimum atomic E-state index is -0.0410. The number of hydrogen-bond donors (Lipinski definition) is 1. The number of piperidine rings is 1. The van der Waals surface area contributed by atoms with Crippen molar-refractivity contribution in [1.82, 2.24) is 14.8 Å². The van der Waals surface area contributed by atoms with E-state index in [9.17, 15) is 9.59 Å². The molecule has 2 amide bonds. The van der Waals surface area contributed by atoms with Crippen LogP contribution in [0, 0.1) is 5.92 Å². The third-order valence-corrected chi connectivity index (χ3v) is 7.47. The molecule has 0 saturated carbocycles. The molecule has 0 spiro atoms. The zero-order valence-corrected chi connectivity index (χ0v) is 21.7. The SMILES string of the molecule is O=C(NCCCc1ccccc1)C1CCN(C(=O)c2cc3ccccc3n2Cc2ccc(Cl)cc2)CC1. The number of carbonyl (C=O) groups excluding carboxylic acids is 2. The minimum absolute atomic E-state index is 0.0203. The average molecular weight is 514 g/mol. The van der Waals surface area contributed by atoms with Crippen LogP contribution in [0.5, 0.6) is 0 Å². The first kappa shape index (κ1) is 25.1. The predicted molar refractivity (Wildman–Crippen MR) is 149 cm³/mol. The van der Waals surface area contributed by atoms with E-state index in [2.05, 4.69) is 28.1 Å². The van der Waals surface area contributed by atoms with E-state index in [1.807, 2.05) is 71.6 Å². The summed E-state index contributed by atoms with van der Waals surface area (Å²) in [5.41, 5.74) is 4.09. The fourth-order valence-electron chi connectivity index (χ4n) is 5.13. The molecule has 5 nitrogen and oxygen atoms in total. The Morgan fingerprint density at radius 2 is 1.57 bits per heavy atom. The van der Waals surface area contributed by atoms with Gasteiger partial charge in [-0.3, -0.25) is 9.59 Å². The molecule has 3 aromatic carbocycles. The van der Waals surface area contributed by atoms with Crippen LogP contribution >= 0.6 is 11.6 Å². The van der Waals surface area contributed by atoms with E-state index >= 15 is 0 Å². The molecule has 1 N–H and O–H groups in total. The lowest BCUT2D eigenvalue weighted by Crippen LogP contribution is -2.43. The van der Waals surface area contributed by atoms with Crippen LogP contribution in [0.4, 0.5) is 0 Å². The minimum Gasteiger partial charge on any atom is -0.356 e. The monoisotopic (exact) mass is 513 g/mol. The molecular formula is C31H32ClN3O2. The summed E-state index contributed by atoms with van der Waals surface area (Å²) in [4.78, 5) is 28.3. The Hall–Kier alpha value is -3.57. The van der Waals surface area contributed by atoms with Crippen molar-refractivity contribution in [3.05, 3.63) is 107 Å². The highest BCUT2D eigenvalue weighted by molar-refractivity contribution is 6.30. The Balaban J connectivity index is 1.19. The van der Waals surface area contributed by atoms with Gasteiger partial charge in [0.05, 0.1) is 0 Å². The highest BCUT2D eigenvalue weighted by Gasteiger charge is 2.29. The molecule has 37 heavy (non-hydrogen) atoms. The normalized spacial score (nSPS) is 14.1. The highest BCUT2D eigenvalue weighted by Crippen LogP contribution is 2.25. The molecule has 190 valence electrons. The summed E-state index contributed by atoms with van der Waals surface area (Å²) in [6.07, 6.45) is 3.25. The summed E-state index contributed by atoms with van der Waals surface area (Å²) in [5, 5.41) is 4.84. The average Bonchev–Trinajstić information content (AvgIpc) is 3.30. The quantitative estimate of drug-likeness (QED) is 0.296. The van der Waals surface area contributed by atoms with E-state index < -0.39 is 0 Å². The summed E-state index contributed by atoms with van der Waals surface area (Å²) >= 11 is 6.07. The second-order valence-corrected chi connectivity index (χ2v) is 10.2. The topological polar surface area (TPSA) is 54.3 Å². The Morgan fingerprint density at radius 1 is 0.865 bits per heavy atom. The van der Waals surface area contributed by atoms with Crippen molar-refractivity contribution >= 4 is 34.3 Å². The molecule has 0 atom stereocenters. The molecule has 1 fully saturated rings. The highest BCUT2D eigenvalue weighted by atomic mass is 35.5. The number of benzene rings is 3. The number of fused-ring (bicyclic) bond motifs is 1. The largest absolute Gasteiger partial charge is 0.356 e. The maximum absolute atomic E-state index is 13.6. The van der Waals surface area contributed by atoms with Crippen LogP contribution in [-0.2, 0) is 17.8 Å². The van der Waals surface area contributed by atoms with E-state index in [1.165, 1.54) is 5.56 Å². The van der Waals surface area contributed by atoms with Crippen LogP contribution in [0.2, 0.25) is 5.02 Å². The first-order valence-electron chi connectivity index (χ1n) is 13.0. The van der Waals surface area contributed by atoms with Crippen molar-refractivity contribution < 1.29 is 9.59 Å². The molecule has 6 heteroatoms. The van der Waals surface area contributed by atoms with Crippen LogP contribution in [0.3, 0.4) is 0 Å². The van der Waals surface area contributed by atoms with Gasteiger partial charge in [-0.25, -0.2) is 0 Å². The number of carbonyl (C=O) groups is 2. The number of amides is 2. The summed E-state index contributed by atoms with van der Waals surface area (Å²) in [5.74, 6) is 0.0876. The first-order chi connectivity index (χ1) is 18.1. The van der Waals surface area contributed by atoms with Gasteiger partial charge in [0.2, 0.25) is 5.91 Å². The van der Waals surface area contributed by atoms with Crippen molar-refractivity contribution in [2.24, 2.45) is 5.92 Å². The van der Waals surface area contributed by atoms with Crippen LogP contribution < -0.4 is 5.32 Å². The fraction of sp³-hybridized carbons (Fsp3) is 0.290. The molecule has 0 radical (unpaired) electrons. The van der Waals surface area contributed by atoms with Crippen molar-refractivity contribution in [2.75, 3.05) is 19.6 Å². The number of aryl methyl sites for hydroxylation is 1. The van der Waals surface area contributed by atoms with Gasteiger partial charge in [0.25, 0.3) is 5.91 Å². The Kier molecular flexibility index (Phi) is 7.90. The van der Waals surface area contributed by atoms with E-state index in [0.717, 1.165) is 29.3 Å². The second-order valence-electron chi connectivity index (χ2n) is 9.75. The molecule has 1 aliphatic rings. The predicted octanol–water partition coefficient (Wildman–Crippen LogP) is 5.94. The summed E-state index contributed by atoms with van der Waals surface area (Å²) in [7, 11) is 0. The zero-order chi connectivity index (χ0) is 25.6. The maximum atomic E-state index is 13.6. The van der Waals surface area contributed by atoms with Crippen molar-refractivity contribution in [2.45, 2.75) is 32.2 Å². The van der Waals surface area contributed by atoms with Gasteiger partial charge in [-0.2, -0.15) is 0 Å². The summed E-state index contributed by atoms with van der Waals surface area (Å²) in [6, 6.07) is 28.1. The number of nitrogens with one attached hydrogen (secondary N) is 1. The van der Waals surface area contributed by atoms with Crippen LogP contribution in [0.1, 0.15) is 40.9 Å². The maximum Gasteiger partial charge on any atom is 0.270 e. The molecule has 0 aliphatic carbocycles. The van der Waals surface area contributed by atoms with Crippen molar-refractivity contribution in [3.8, 4) is 0 Å². The number of halogens is 1. The lowest BCUT2D eigenvalue weighted by Gasteiger charge is -2.31. The van der Waals surface area contributed by atoms with E-state index in [4.69, 9.17) is 11.6 Å². The van der Waals surface area contributed by atoms with Gasteiger partial charge in [0.15, 0.2) is 0 Å². The van der Waals surface area contributed by atoms with Crippen LogP contribution in [0.15, 0.2) is 84.9 Å². The Labute approximate surface area is 223 Å². The lowest BCUT2D eigenvalue weighted by atomic mass is 9.95. The second kappa shape index (κ2) is 11.7. The molecule has 0 unspecified atom stereocenters. The zero-order valence-electron chi connectivity index (χ0n) is 20.9. The fourth-order valence-corrected chi connectivity index (χ4v) is 5.26. The first-order valence-corrected chi connectivity index (χ1v) is 13.4. The van der Waals surface area contributed by atoms with Crippen LogP contribution in [0.25, 0.3) is 10.9 Å². The number of para-hydroxylation sites is 1. The molecular weight excluding hydrogens is 482 g/mol. The molecule has 5 rings (SSSR count). The Morgan fingerprint density at radius 3 is 2.32 bits per heavy atom.